The standard InChI is InChI=1S/C15H25N5O9/c16-7(1-4-12(24)25)13(26)20-9(6-21)14(27)18-5-11(23)19-8(15(28)29)2-3-10(17)22/h7-9,21H,1-6,16H2,(H2,17,22)(H,18,27)(H,19,23)(H,20,26)(H,24,25)(H,28,29). The zero-order chi connectivity index (χ0) is 22.6. The Bertz CT molecular complexity index is 640. The van der Waals surface area contributed by atoms with Crippen molar-refractivity contribution in [1.29, 1.82) is 0 Å². The third-order valence-corrected chi connectivity index (χ3v) is 3.56. The molecule has 0 radical (unpaired) electrons. The van der Waals surface area contributed by atoms with Crippen molar-refractivity contribution in [3.63, 3.8) is 0 Å². The number of primary amides is 1. The van der Waals surface area contributed by atoms with Gasteiger partial charge in [0.25, 0.3) is 0 Å². The second-order valence-electron chi connectivity index (χ2n) is 5.96. The number of carboxylic acid groups (broad SMARTS) is 2. The predicted octanol–water partition coefficient (Wildman–Crippen LogP) is -4.39. The van der Waals surface area contributed by atoms with Gasteiger partial charge in [0.15, 0.2) is 0 Å². The Kier molecular flexibility index (Phi) is 11.5. The normalized spacial score (nSPS) is 13.4. The molecule has 0 bridgehead atoms. The lowest BCUT2D eigenvalue weighted by atomic mass is 10.1. The molecule has 10 N–H and O–H groups in total. The van der Waals surface area contributed by atoms with Crippen LogP contribution in [0.15, 0.2) is 0 Å². The molecule has 14 heteroatoms. The third-order valence-electron chi connectivity index (χ3n) is 3.56. The van der Waals surface area contributed by atoms with Crippen LogP contribution in [0.5, 0.6) is 0 Å². The number of nitrogens with two attached hydrogens (primary N) is 2. The van der Waals surface area contributed by atoms with Crippen LogP contribution < -0.4 is 27.4 Å². The van der Waals surface area contributed by atoms with E-state index in [1.807, 2.05) is 0 Å². The zero-order valence-corrected chi connectivity index (χ0v) is 15.4. The van der Waals surface area contributed by atoms with Crippen LogP contribution in [0, 0.1) is 0 Å². The number of aliphatic hydroxyl groups is 1. The Morgan fingerprint density at radius 1 is 0.862 bits per heavy atom. The van der Waals surface area contributed by atoms with Crippen molar-refractivity contribution in [2.75, 3.05) is 13.2 Å². The van der Waals surface area contributed by atoms with E-state index in [0.29, 0.717) is 0 Å². The van der Waals surface area contributed by atoms with Gasteiger partial charge < -0.3 is 42.7 Å². The summed E-state index contributed by atoms with van der Waals surface area (Å²) in [5, 5.41) is 33.0. The van der Waals surface area contributed by atoms with E-state index in [-0.39, 0.29) is 25.7 Å². The average molecular weight is 419 g/mol. The Morgan fingerprint density at radius 3 is 1.97 bits per heavy atom. The van der Waals surface area contributed by atoms with E-state index in [4.69, 9.17) is 21.7 Å². The first-order valence-electron chi connectivity index (χ1n) is 8.44. The second kappa shape index (κ2) is 13.0. The van der Waals surface area contributed by atoms with E-state index in [0.717, 1.165) is 0 Å². The van der Waals surface area contributed by atoms with E-state index < -0.39 is 66.8 Å². The highest BCUT2D eigenvalue weighted by atomic mass is 16.4. The molecule has 0 saturated heterocycles. The number of carboxylic acids is 2. The highest BCUT2D eigenvalue weighted by Crippen LogP contribution is 1.98. The lowest BCUT2D eigenvalue weighted by Crippen LogP contribution is -2.54. The van der Waals surface area contributed by atoms with Gasteiger partial charge in [0, 0.05) is 12.8 Å². The van der Waals surface area contributed by atoms with Gasteiger partial charge in [-0.15, -0.1) is 0 Å². The molecule has 0 aliphatic heterocycles. The number of nitrogens with one attached hydrogen (secondary N) is 3. The van der Waals surface area contributed by atoms with Gasteiger partial charge in [-0.05, 0) is 12.8 Å². The van der Waals surface area contributed by atoms with Gasteiger partial charge in [-0.2, -0.15) is 0 Å². The molecule has 0 fully saturated rings. The Balaban J connectivity index is 4.57. The van der Waals surface area contributed by atoms with Gasteiger partial charge in [-0.25, -0.2) is 4.79 Å². The van der Waals surface area contributed by atoms with Crippen LogP contribution in [0.25, 0.3) is 0 Å². The molecule has 3 unspecified atom stereocenters. The molecule has 0 aliphatic rings. The number of hydrogen-bond donors (Lipinski definition) is 8. The fourth-order valence-electron chi connectivity index (χ4n) is 1.96. The summed E-state index contributed by atoms with van der Waals surface area (Å²) < 4.78 is 0. The summed E-state index contributed by atoms with van der Waals surface area (Å²) in [5.41, 5.74) is 10.4. The Hall–Kier alpha value is -3.26. The van der Waals surface area contributed by atoms with Crippen LogP contribution in [0.3, 0.4) is 0 Å². The highest BCUT2D eigenvalue weighted by Gasteiger charge is 2.25. The van der Waals surface area contributed by atoms with E-state index in [1.54, 1.807) is 0 Å². The highest BCUT2D eigenvalue weighted by molar-refractivity contribution is 5.92. The van der Waals surface area contributed by atoms with Crippen molar-refractivity contribution in [3.8, 4) is 0 Å². The van der Waals surface area contributed by atoms with Gasteiger partial charge in [0.2, 0.25) is 23.6 Å². The van der Waals surface area contributed by atoms with E-state index in [9.17, 15) is 33.9 Å². The van der Waals surface area contributed by atoms with Crippen LogP contribution in [0.4, 0.5) is 0 Å². The molecular weight excluding hydrogens is 394 g/mol. The fourth-order valence-corrected chi connectivity index (χ4v) is 1.96. The van der Waals surface area contributed by atoms with E-state index in [1.165, 1.54) is 0 Å². The van der Waals surface area contributed by atoms with Gasteiger partial charge in [0.05, 0.1) is 19.2 Å². The number of amides is 4. The molecule has 0 saturated carbocycles. The number of hydrogen-bond acceptors (Lipinski definition) is 8. The van der Waals surface area contributed by atoms with Crippen molar-refractivity contribution in [2.24, 2.45) is 11.5 Å². The first-order chi connectivity index (χ1) is 13.5. The molecule has 0 aliphatic carbocycles. The maximum Gasteiger partial charge on any atom is 0.326 e. The average Bonchev–Trinajstić information content (AvgIpc) is 2.64. The van der Waals surface area contributed by atoms with Crippen molar-refractivity contribution >= 4 is 35.6 Å². The molecule has 164 valence electrons. The molecule has 4 amide bonds. The monoisotopic (exact) mass is 419 g/mol. The predicted molar refractivity (Wildman–Crippen MR) is 94.9 cm³/mol. The smallest absolute Gasteiger partial charge is 0.326 e. The Morgan fingerprint density at radius 2 is 1.48 bits per heavy atom. The molecule has 0 rings (SSSR count). The molecule has 0 spiro atoms. The number of carbonyl (C=O) groups is 6. The molecular formula is C15H25N5O9. The summed E-state index contributed by atoms with van der Waals surface area (Å²) >= 11 is 0. The minimum Gasteiger partial charge on any atom is -0.481 e. The summed E-state index contributed by atoms with van der Waals surface area (Å²) in [7, 11) is 0. The van der Waals surface area contributed by atoms with Crippen molar-refractivity contribution in [2.45, 2.75) is 43.8 Å². The molecule has 29 heavy (non-hydrogen) atoms. The maximum atomic E-state index is 12.0. The van der Waals surface area contributed by atoms with Crippen LogP contribution in [-0.2, 0) is 28.8 Å². The van der Waals surface area contributed by atoms with Crippen molar-refractivity contribution < 1.29 is 44.1 Å². The number of aliphatic carboxylic acids is 2. The summed E-state index contributed by atoms with van der Waals surface area (Å²) in [5.74, 6) is -6.03. The molecule has 3 atom stereocenters. The van der Waals surface area contributed by atoms with Crippen LogP contribution in [0.2, 0.25) is 0 Å². The van der Waals surface area contributed by atoms with Crippen molar-refractivity contribution in [3.05, 3.63) is 0 Å². The quantitative estimate of drug-likeness (QED) is 0.134. The number of rotatable bonds is 14. The molecule has 0 heterocycles. The lowest BCUT2D eigenvalue weighted by molar-refractivity contribution is -0.142. The number of carbonyl (C=O) groups excluding carboxylic acids is 4. The van der Waals surface area contributed by atoms with Gasteiger partial charge in [-0.3, -0.25) is 24.0 Å². The first-order valence-corrected chi connectivity index (χ1v) is 8.44. The van der Waals surface area contributed by atoms with Crippen molar-refractivity contribution in [1.82, 2.24) is 16.0 Å². The summed E-state index contributed by atoms with van der Waals surface area (Å²) in [4.78, 5) is 67.8. The lowest BCUT2D eigenvalue weighted by Gasteiger charge is -2.19. The first kappa shape index (κ1) is 25.7. The topological polar surface area (TPSA) is 251 Å². The molecule has 0 aromatic heterocycles. The second-order valence-corrected chi connectivity index (χ2v) is 5.96. The minimum absolute atomic E-state index is 0.189. The largest absolute Gasteiger partial charge is 0.481 e. The van der Waals surface area contributed by atoms with Gasteiger partial charge in [0.1, 0.15) is 12.1 Å². The zero-order valence-electron chi connectivity index (χ0n) is 15.4. The SMILES string of the molecule is NC(=O)CCC(NC(=O)CNC(=O)C(CO)NC(=O)C(N)CCC(=O)O)C(=O)O. The molecule has 14 nitrogen and oxygen atoms in total. The maximum absolute atomic E-state index is 12.0. The fraction of sp³-hybridized carbons (Fsp3) is 0.600. The summed E-state index contributed by atoms with van der Waals surface area (Å²) in [6.45, 7) is -1.50. The molecule has 0 aromatic carbocycles. The summed E-state index contributed by atoms with van der Waals surface area (Å²) in [6.07, 6.45) is -1.07. The third kappa shape index (κ3) is 11.2. The van der Waals surface area contributed by atoms with Crippen LogP contribution in [0.1, 0.15) is 25.7 Å². The molecule has 0 aromatic rings. The van der Waals surface area contributed by atoms with Gasteiger partial charge in [-0.1, -0.05) is 0 Å². The van der Waals surface area contributed by atoms with E-state index in [2.05, 4.69) is 16.0 Å². The number of aliphatic hydroxyl groups excluding tert-OH is 1. The minimum atomic E-state index is -1.46. The van der Waals surface area contributed by atoms with Crippen LogP contribution >= 0.6 is 0 Å². The van der Waals surface area contributed by atoms with Crippen LogP contribution in [-0.4, -0.2) is 82.2 Å². The van der Waals surface area contributed by atoms with Gasteiger partial charge >= 0.3 is 11.9 Å². The summed E-state index contributed by atoms with van der Waals surface area (Å²) in [6, 6.07) is -4.08. The Labute approximate surface area is 165 Å². The van der Waals surface area contributed by atoms with E-state index >= 15 is 0 Å².